The van der Waals surface area contributed by atoms with E-state index in [9.17, 15) is 4.79 Å². The van der Waals surface area contributed by atoms with Gasteiger partial charge in [0, 0.05) is 37.7 Å². The molecule has 2 aromatic carbocycles. The lowest BCUT2D eigenvalue weighted by Crippen LogP contribution is -2.27. The summed E-state index contributed by atoms with van der Waals surface area (Å²) in [6.45, 7) is 0.427. The number of ether oxygens (including phenoxy) is 2. The maximum atomic E-state index is 13.4. The first-order chi connectivity index (χ1) is 15.6. The average molecular weight is 428 g/mol. The van der Waals surface area contributed by atoms with Crippen LogP contribution in [0.15, 0.2) is 79.3 Å². The molecule has 7 nitrogen and oxygen atoms in total. The quantitative estimate of drug-likeness (QED) is 0.441. The highest BCUT2D eigenvalue weighted by molar-refractivity contribution is 5.99. The van der Waals surface area contributed by atoms with Crippen LogP contribution in [0, 0.1) is 0 Å². The van der Waals surface area contributed by atoms with Crippen LogP contribution in [0.25, 0.3) is 16.8 Å². The fraction of sp³-hybridized carbons (Fsp3) is 0.160. The van der Waals surface area contributed by atoms with Gasteiger partial charge in [0.1, 0.15) is 0 Å². The SMILES string of the molecule is COc1ccc(-c2cn(-c3ccccc3)nc2C(=O)N(C)Cc2cccnc2)cc1OC. The second-order valence-corrected chi connectivity index (χ2v) is 7.26. The fourth-order valence-corrected chi connectivity index (χ4v) is 3.48. The Labute approximate surface area is 186 Å². The Morgan fingerprint density at radius 1 is 1.00 bits per heavy atom. The molecule has 0 aliphatic rings. The lowest BCUT2D eigenvalue weighted by molar-refractivity contribution is 0.0779. The first-order valence-electron chi connectivity index (χ1n) is 10.1. The molecule has 0 atom stereocenters. The highest BCUT2D eigenvalue weighted by Crippen LogP contribution is 2.34. The maximum Gasteiger partial charge on any atom is 0.275 e. The van der Waals surface area contributed by atoms with Crippen molar-refractivity contribution in [3.63, 3.8) is 0 Å². The Hall–Kier alpha value is -4.13. The van der Waals surface area contributed by atoms with Gasteiger partial charge in [0.25, 0.3) is 5.91 Å². The normalized spacial score (nSPS) is 10.6. The van der Waals surface area contributed by atoms with Gasteiger partial charge in [0.05, 0.1) is 19.9 Å². The minimum absolute atomic E-state index is 0.187. The van der Waals surface area contributed by atoms with Gasteiger partial charge in [-0.3, -0.25) is 9.78 Å². The standard InChI is InChI=1S/C25H24N4O3/c1-28(16-18-8-7-13-26-15-18)25(30)24-21(17-29(27-24)20-9-5-4-6-10-20)19-11-12-22(31-2)23(14-19)32-3/h4-15,17H,16H2,1-3H3. The van der Waals surface area contributed by atoms with Gasteiger partial charge in [-0.25, -0.2) is 4.68 Å². The number of methoxy groups -OCH3 is 2. The number of nitrogens with zero attached hydrogens (tertiary/aromatic N) is 4. The van der Waals surface area contributed by atoms with Crippen LogP contribution in [0.2, 0.25) is 0 Å². The molecular formula is C25H24N4O3. The number of benzene rings is 2. The number of aromatic nitrogens is 3. The fourth-order valence-electron chi connectivity index (χ4n) is 3.48. The van der Waals surface area contributed by atoms with Crippen LogP contribution in [0.4, 0.5) is 0 Å². The third-order valence-electron chi connectivity index (χ3n) is 5.12. The highest BCUT2D eigenvalue weighted by Gasteiger charge is 2.23. The summed E-state index contributed by atoms with van der Waals surface area (Å²) < 4.78 is 12.5. The monoisotopic (exact) mass is 428 g/mol. The summed E-state index contributed by atoms with van der Waals surface area (Å²) in [5.74, 6) is 1.01. The van der Waals surface area contributed by atoms with E-state index in [1.807, 2.05) is 66.9 Å². The van der Waals surface area contributed by atoms with E-state index in [-0.39, 0.29) is 5.91 Å². The molecule has 0 saturated heterocycles. The third kappa shape index (κ3) is 4.32. The van der Waals surface area contributed by atoms with Gasteiger partial charge in [-0.05, 0) is 41.5 Å². The molecule has 0 radical (unpaired) electrons. The van der Waals surface area contributed by atoms with E-state index >= 15 is 0 Å². The molecule has 2 aromatic heterocycles. The first-order valence-corrected chi connectivity index (χ1v) is 10.1. The molecule has 0 spiro atoms. The maximum absolute atomic E-state index is 13.4. The van der Waals surface area contributed by atoms with Gasteiger partial charge in [0.2, 0.25) is 0 Å². The van der Waals surface area contributed by atoms with Crippen molar-refractivity contribution < 1.29 is 14.3 Å². The summed E-state index contributed by atoms with van der Waals surface area (Å²) in [5.41, 5.74) is 3.68. The van der Waals surface area contributed by atoms with Gasteiger partial charge < -0.3 is 14.4 Å². The minimum Gasteiger partial charge on any atom is -0.493 e. The lowest BCUT2D eigenvalue weighted by atomic mass is 10.0. The number of para-hydroxylation sites is 1. The van der Waals surface area contributed by atoms with Crippen molar-refractivity contribution in [1.82, 2.24) is 19.7 Å². The molecule has 0 bridgehead atoms. The number of rotatable bonds is 7. The summed E-state index contributed by atoms with van der Waals surface area (Å²) in [6.07, 6.45) is 5.32. The molecule has 162 valence electrons. The first kappa shape index (κ1) is 21.1. The van der Waals surface area contributed by atoms with Crippen molar-refractivity contribution in [2.24, 2.45) is 0 Å². The summed E-state index contributed by atoms with van der Waals surface area (Å²) in [4.78, 5) is 19.2. The van der Waals surface area contributed by atoms with E-state index in [1.54, 1.807) is 43.2 Å². The van der Waals surface area contributed by atoms with E-state index in [0.717, 1.165) is 16.8 Å². The predicted molar refractivity (Wildman–Crippen MR) is 122 cm³/mol. The van der Waals surface area contributed by atoms with Crippen LogP contribution < -0.4 is 9.47 Å². The zero-order valence-corrected chi connectivity index (χ0v) is 18.2. The van der Waals surface area contributed by atoms with Gasteiger partial charge in [-0.2, -0.15) is 5.10 Å². The average Bonchev–Trinajstić information content (AvgIpc) is 3.29. The number of carbonyl (C=O) groups excluding carboxylic acids is 1. The number of pyridine rings is 1. The predicted octanol–water partition coefficient (Wildman–Crippen LogP) is 4.22. The second kappa shape index (κ2) is 9.34. The molecule has 4 rings (SSSR count). The molecule has 1 amide bonds. The number of hydrogen-bond acceptors (Lipinski definition) is 5. The Morgan fingerprint density at radius 3 is 2.47 bits per heavy atom. The Kier molecular flexibility index (Phi) is 6.17. The third-order valence-corrected chi connectivity index (χ3v) is 5.12. The summed E-state index contributed by atoms with van der Waals surface area (Å²) in [7, 11) is 4.94. The molecule has 32 heavy (non-hydrogen) atoms. The Morgan fingerprint density at radius 2 is 1.78 bits per heavy atom. The Bertz CT molecular complexity index is 1210. The minimum atomic E-state index is -0.187. The van der Waals surface area contributed by atoms with Gasteiger partial charge in [0.15, 0.2) is 17.2 Å². The van der Waals surface area contributed by atoms with E-state index in [4.69, 9.17) is 9.47 Å². The van der Waals surface area contributed by atoms with Gasteiger partial charge in [-0.1, -0.05) is 30.3 Å². The summed E-state index contributed by atoms with van der Waals surface area (Å²) in [6, 6.07) is 19.1. The van der Waals surface area contributed by atoms with Crippen molar-refractivity contribution in [2.75, 3.05) is 21.3 Å². The largest absolute Gasteiger partial charge is 0.493 e. The van der Waals surface area contributed by atoms with E-state index in [2.05, 4.69) is 10.1 Å². The smallest absolute Gasteiger partial charge is 0.275 e. The molecule has 4 aromatic rings. The molecule has 0 aliphatic carbocycles. The molecule has 0 N–H and O–H groups in total. The van der Waals surface area contributed by atoms with Crippen LogP contribution in [-0.2, 0) is 6.54 Å². The highest BCUT2D eigenvalue weighted by atomic mass is 16.5. The van der Waals surface area contributed by atoms with Crippen molar-refractivity contribution in [3.05, 3.63) is 90.5 Å². The van der Waals surface area contributed by atoms with Gasteiger partial charge >= 0.3 is 0 Å². The van der Waals surface area contributed by atoms with Crippen molar-refractivity contribution >= 4 is 5.91 Å². The number of amides is 1. The molecule has 2 heterocycles. The zero-order chi connectivity index (χ0) is 22.5. The molecule has 0 aliphatic heterocycles. The van der Waals surface area contributed by atoms with Crippen LogP contribution in [0.1, 0.15) is 16.1 Å². The second-order valence-electron chi connectivity index (χ2n) is 7.26. The molecule has 0 fully saturated rings. The van der Waals surface area contributed by atoms with Crippen LogP contribution in [0.3, 0.4) is 0 Å². The van der Waals surface area contributed by atoms with Gasteiger partial charge in [-0.15, -0.1) is 0 Å². The Balaban J connectivity index is 1.76. The van der Waals surface area contributed by atoms with Crippen LogP contribution in [-0.4, -0.2) is 46.8 Å². The number of hydrogen-bond donors (Lipinski definition) is 0. The van der Waals surface area contributed by atoms with Crippen molar-refractivity contribution in [3.8, 4) is 28.3 Å². The number of carbonyl (C=O) groups is 1. The summed E-state index contributed by atoms with van der Waals surface area (Å²) in [5, 5.41) is 4.66. The molecular weight excluding hydrogens is 404 g/mol. The molecule has 0 unspecified atom stereocenters. The lowest BCUT2D eigenvalue weighted by Gasteiger charge is -2.17. The van der Waals surface area contributed by atoms with Crippen molar-refractivity contribution in [2.45, 2.75) is 6.54 Å². The van der Waals surface area contributed by atoms with E-state index < -0.39 is 0 Å². The van der Waals surface area contributed by atoms with Crippen LogP contribution >= 0.6 is 0 Å². The van der Waals surface area contributed by atoms with E-state index in [0.29, 0.717) is 29.3 Å². The van der Waals surface area contributed by atoms with Crippen LogP contribution in [0.5, 0.6) is 11.5 Å². The van der Waals surface area contributed by atoms with E-state index in [1.165, 1.54) is 0 Å². The van der Waals surface area contributed by atoms with Crippen molar-refractivity contribution in [1.29, 1.82) is 0 Å². The summed E-state index contributed by atoms with van der Waals surface area (Å²) >= 11 is 0. The zero-order valence-electron chi connectivity index (χ0n) is 18.2. The molecule has 0 saturated carbocycles. The molecule has 7 heteroatoms. The topological polar surface area (TPSA) is 69.5 Å².